The molecular formula is C24H28BrNO3. The van der Waals surface area contributed by atoms with Gasteiger partial charge in [0.2, 0.25) is 5.91 Å². The molecule has 29 heavy (non-hydrogen) atoms. The summed E-state index contributed by atoms with van der Waals surface area (Å²) < 4.78 is 6.10. The lowest BCUT2D eigenvalue weighted by Gasteiger charge is -2.36. The van der Waals surface area contributed by atoms with E-state index in [1.807, 2.05) is 48.5 Å². The van der Waals surface area contributed by atoms with Crippen molar-refractivity contribution in [1.29, 1.82) is 0 Å². The summed E-state index contributed by atoms with van der Waals surface area (Å²) in [6.07, 6.45) is 2.45. The van der Waals surface area contributed by atoms with Crippen LogP contribution in [-0.2, 0) is 14.3 Å². The highest BCUT2D eigenvalue weighted by atomic mass is 79.9. The summed E-state index contributed by atoms with van der Waals surface area (Å²) in [7, 11) is 1.40. The van der Waals surface area contributed by atoms with Gasteiger partial charge >= 0.3 is 5.97 Å². The van der Waals surface area contributed by atoms with Gasteiger partial charge in [0.15, 0.2) is 0 Å². The molecule has 4 nitrogen and oxygen atoms in total. The largest absolute Gasteiger partial charge is 0.469 e. The number of esters is 1. The molecule has 0 saturated heterocycles. The van der Waals surface area contributed by atoms with Gasteiger partial charge in [-0.3, -0.25) is 9.59 Å². The third-order valence-electron chi connectivity index (χ3n) is 5.85. The molecule has 1 N–H and O–H groups in total. The molecule has 0 spiro atoms. The number of hydrogen-bond acceptors (Lipinski definition) is 3. The first-order valence-corrected chi connectivity index (χ1v) is 10.9. The van der Waals surface area contributed by atoms with Gasteiger partial charge < -0.3 is 10.1 Å². The van der Waals surface area contributed by atoms with Crippen molar-refractivity contribution in [3.8, 4) is 0 Å². The average Bonchev–Trinajstić information content (AvgIpc) is 2.73. The Morgan fingerprint density at radius 3 is 2.28 bits per heavy atom. The van der Waals surface area contributed by atoms with Gasteiger partial charge in [0.25, 0.3) is 0 Å². The van der Waals surface area contributed by atoms with E-state index in [1.165, 1.54) is 12.7 Å². The Morgan fingerprint density at radius 1 is 1.03 bits per heavy atom. The van der Waals surface area contributed by atoms with Crippen LogP contribution in [0, 0.1) is 11.8 Å². The summed E-state index contributed by atoms with van der Waals surface area (Å²) >= 11 is 3.46. The maximum atomic E-state index is 13.1. The van der Waals surface area contributed by atoms with Gasteiger partial charge in [-0.15, -0.1) is 0 Å². The van der Waals surface area contributed by atoms with Crippen LogP contribution < -0.4 is 5.32 Å². The van der Waals surface area contributed by atoms with E-state index in [4.69, 9.17) is 4.74 Å². The van der Waals surface area contributed by atoms with Crippen molar-refractivity contribution < 1.29 is 14.3 Å². The van der Waals surface area contributed by atoms with E-state index >= 15 is 0 Å². The zero-order valence-corrected chi connectivity index (χ0v) is 18.7. The fraction of sp³-hybridized carbons (Fsp3) is 0.417. The summed E-state index contributed by atoms with van der Waals surface area (Å²) in [6.45, 7) is 4.28. The second-order valence-corrected chi connectivity index (χ2v) is 8.93. The maximum Gasteiger partial charge on any atom is 0.310 e. The minimum Gasteiger partial charge on any atom is -0.469 e. The highest BCUT2D eigenvalue weighted by Crippen LogP contribution is 2.42. The van der Waals surface area contributed by atoms with Gasteiger partial charge in [-0.1, -0.05) is 60.5 Å². The molecule has 0 aliphatic heterocycles. The lowest BCUT2D eigenvalue weighted by molar-refractivity contribution is -0.152. The Hall–Kier alpha value is -2.14. The number of amides is 1. The van der Waals surface area contributed by atoms with E-state index < -0.39 is 11.8 Å². The lowest BCUT2D eigenvalue weighted by atomic mass is 9.69. The second kappa shape index (κ2) is 9.57. The Morgan fingerprint density at radius 2 is 1.69 bits per heavy atom. The van der Waals surface area contributed by atoms with Gasteiger partial charge in [-0.2, -0.15) is 0 Å². The van der Waals surface area contributed by atoms with Crippen molar-refractivity contribution in [1.82, 2.24) is 0 Å². The molecule has 0 unspecified atom stereocenters. The first kappa shape index (κ1) is 21.6. The molecule has 1 aliphatic rings. The molecule has 3 rings (SSSR count). The molecule has 0 aromatic heterocycles. The first-order chi connectivity index (χ1) is 13.9. The van der Waals surface area contributed by atoms with E-state index in [0.29, 0.717) is 12.3 Å². The monoisotopic (exact) mass is 457 g/mol. The van der Waals surface area contributed by atoms with Crippen LogP contribution >= 0.6 is 15.9 Å². The van der Waals surface area contributed by atoms with Crippen molar-refractivity contribution in [3.63, 3.8) is 0 Å². The number of hydrogen-bond donors (Lipinski definition) is 1. The highest BCUT2D eigenvalue weighted by molar-refractivity contribution is 9.10. The topological polar surface area (TPSA) is 55.4 Å². The summed E-state index contributed by atoms with van der Waals surface area (Å²) in [5.74, 6) is -0.899. The predicted octanol–water partition coefficient (Wildman–Crippen LogP) is 5.88. The first-order valence-electron chi connectivity index (χ1n) is 10.1. The summed E-state index contributed by atoms with van der Waals surface area (Å²) in [6, 6.07) is 15.9. The van der Waals surface area contributed by atoms with Crippen LogP contribution in [0.1, 0.15) is 56.1 Å². The number of anilines is 1. The van der Waals surface area contributed by atoms with Crippen molar-refractivity contribution in [2.45, 2.75) is 44.9 Å². The number of rotatable bonds is 5. The SMILES string of the molecule is COC(=O)[C@H]1[C@@H](C(=O)Nc2ccc(C(C)C)cc2)CCC[C@H]1c1ccc(Br)cc1. The van der Waals surface area contributed by atoms with Crippen LogP contribution in [-0.4, -0.2) is 19.0 Å². The third kappa shape index (κ3) is 5.08. The zero-order chi connectivity index (χ0) is 21.0. The molecule has 154 valence electrons. The van der Waals surface area contributed by atoms with Crippen LogP contribution in [0.3, 0.4) is 0 Å². The van der Waals surface area contributed by atoms with Crippen LogP contribution in [0.4, 0.5) is 5.69 Å². The Kier molecular flexibility index (Phi) is 7.12. The quantitative estimate of drug-likeness (QED) is 0.569. The molecule has 1 fully saturated rings. The van der Waals surface area contributed by atoms with Gasteiger partial charge in [0.05, 0.1) is 18.9 Å². The van der Waals surface area contributed by atoms with E-state index in [1.54, 1.807) is 0 Å². The van der Waals surface area contributed by atoms with E-state index in [0.717, 1.165) is 28.6 Å². The fourth-order valence-electron chi connectivity index (χ4n) is 4.23. The third-order valence-corrected chi connectivity index (χ3v) is 6.38. The van der Waals surface area contributed by atoms with E-state index in [9.17, 15) is 9.59 Å². The maximum absolute atomic E-state index is 13.1. The molecule has 5 heteroatoms. The number of benzene rings is 2. The predicted molar refractivity (Wildman–Crippen MR) is 119 cm³/mol. The molecule has 3 atom stereocenters. The summed E-state index contributed by atoms with van der Waals surface area (Å²) in [5.41, 5.74) is 3.06. The molecular weight excluding hydrogens is 430 g/mol. The van der Waals surface area contributed by atoms with Crippen LogP contribution in [0.2, 0.25) is 0 Å². The van der Waals surface area contributed by atoms with Crippen molar-refractivity contribution in [3.05, 3.63) is 64.1 Å². The second-order valence-electron chi connectivity index (χ2n) is 8.01. The number of halogens is 1. The molecule has 1 aliphatic carbocycles. The van der Waals surface area contributed by atoms with Crippen molar-refractivity contribution >= 4 is 33.5 Å². The van der Waals surface area contributed by atoms with Crippen molar-refractivity contribution in [2.24, 2.45) is 11.8 Å². The molecule has 2 aromatic carbocycles. The zero-order valence-electron chi connectivity index (χ0n) is 17.2. The highest BCUT2D eigenvalue weighted by Gasteiger charge is 2.43. The molecule has 1 amide bonds. The number of methoxy groups -OCH3 is 1. The van der Waals surface area contributed by atoms with Gasteiger partial charge in [0, 0.05) is 10.2 Å². The standard InChI is InChI=1S/C24H28BrNO3/c1-15(2)16-9-13-19(14-10-16)26-23(27)21-6-4-5-20(22(21)24(28)29-3)17-7-11-18(25)12-8-17/h7-15,20-22H,4-6H2,1-3H3,(H,26,27)/t20-,21-,22+/m0/s1. The average molecular weight is 458 g/mol. The lowest BCUT2D eigenvalue weighted by Crippen LogP contribution is -2.40. The minimum absolute atomic E-state index is 0.0247. The van der Waals surface area contributed by atoms with Crippen molar-refractivity contribution in [2.75, 3.05) is 12.4 Å². The Balaban J connectivity index is 1.82. The van der Waals surface area contributed by atoms with Gasteiger partial charge in [0.1, 0.15) is 0 Å². The Labute approximate surface area is 181 Å². The molecule has 0 bridgehead atoms. The fourth-order valence-corrected chi connectivity index (χ4v) is 4.49. The van der Waals surface area contributed by atoms with Gasteiger partial charge in [-0.25, -0.2) is 0 Å². The normalized spacial score (nSPS) is 21.6. The minimum atomic E-state index is -0.482. The van der Waals surface area contributed by atoms with E-state index in [-0.39, 0.29) is 17.8 Å². The van der Waals surface area contributed by atoms with E-state index in [2.05, 4.69) is 35.1 Å². The molecule has 0 radical (unpaired) electrons. The number of carbonyl (C=O) groups is 2. The number of ether oxygens (including phenoxy) is 1. The van der Waals surface area contributed by atoms with Crippen LogP contribution in [0.25, 0.3) is 0 Å². The van der Waals surface area contributed by atoms with Gasteiger partial charge in [-0.05, 0) is 60.1 Å². The smallest absolute Gasteiger partial charge is 0.310 e. The van der Waals surface area contributed by atoms with Crippen LogP contribution in [0.15, 0.2) is 53.0 Å². The molecule has 2 aromatic rings. The molecule has 1 saturated carbocycles. The van der Waals surface area contributed by atoms with Crippen LogP contribution in [0.5, 0.6) is 0 Å². The number of nitrogens with one attached hydrogen (secondary N) is 1. The Bertz CT molecular complexity index is 845. The molecule has 0 heterocycles. The summed E-state index contributed by atoms with van der Waals surface area (Å²) in [5, 5.41) is 3.01. The number of carbonyl (C=O) groups excluding carboxylic acids is 2. The summed E-state index contributed by atoms with van der Waals surface area (Å²) in [4.78, 5) is 25.8.